The van der Waals surface area contributed by atoms with Crippen molar-refractivity contribution in [2.24, 2.45) is 10.7 Å². The molecule has 0 saturated carbocycles. The molecule has 62 valence electrons. The summed E-state index contributed by atoms with van der Waals surface area (Å²) in [6, 6.07) is 8.20. The van der Waals surface area contributed by atoms with Crippen molar-refractivity contribution in [1.82, 2.24) is 0 Å². The van der Waals surface area contributed by atoms with Gasteiger partial charge in [0.15, 0.2) is 0 Å². The number of nitrogens with zero attached hydrogens (tertiary/aromatic N) is 1. The summed E-state index contributed by atoms with van der Waals surface area (Å²) in [5.74, 6) is 0.764. The molecule has 1 aromatic carbocycles. The van der Waals surface area contributed by atoms with Crippen LogP contribution in [0, 0.1) is 0 Å². The number of benzene rings is 1. The highest BCUT2D eigenvalue weighted by atomic mass is 14.9. The molecule has 1 aliphatic rings. The third-order valence-electron chi connectivity index (χ3n) is 2.13. The van der Waals surface area contributed by atoms with Crippen molar-refractivity contribution in [2.45, 2.75) is 19.3 Å². The zero-order valence-electron chi connectivity index (χ0n) is 6.96. The number of hydrogen-bond acceptors (Lipinski definition) is 2. The van der Waals surface area contributed by atoms with Gasteiger partial charge in [0.1, 0.15) is 0 Å². The maximum Gasteiger partial charge on any atom is 0.0996 e. The molecule has 2 N–H and O–H groups in total. The molecule has 0 aliphatic carbocycles. The minimum Gasteiger partial charge on any atom is -0.387 e. The Morgan fingerprint density at radius 1 is 1.17 bits per heavy atom. The molecule has 0 spiro atoms. The van der Waals surface area contributed by atoms with Crippen molar-refractivity contribution >= 4 is 11.5 Å². The van der Waals surface area contributed by atoms with Gasteiger partial charge in [0.25, 0.3) is 0 Å². The molecule has 1 aromatic rings. The van der Waals surface area contributed by atoms with Crippen LogP contribution in [0.25, 0.3) is 0 Å². The summed E-state index contributed by atoms with van der Waals surface area (Å²) in [7, 11) is 0. The summed E-state index contributed by atoms with van der Waals surface area (Å²) < 4.78 is 0. The van der Waals surface area contributed by atoms with Crippen molar-refractivity contribution in [3.05, 3.63) is 29.8 Å². The van der Waals surface area contributed by atoms with Crippen LogP contribution in [0.2, 0.25) is 0 Å². The van der Waals surface area contributed by atoms with Gasteiger partial charge in [-0.05, 0) is 24.5 Å². The van der Waals surface area contributed by atoms with E-state index in [2.05, 4.69) is 17.1 Å². The van der Waals surface area contributed by atoms with Crippen LogP contribution >= 0.6 is 0 Å². The van der Waals surface area contributed by atoms with E-state index in [4.69, 9.17) is 5.73 Å². The Hall–Kier alpha value is -1.31. The van der Waals surface area contributed by atoms with Gasteiger partial charge < -0.3 is 5.73 Å². The standard InChI is InChI=1S/C10H12N2/c11-10-7-3-5-8-4-1-2-6-9(8)12-10/h1-2,4,6H,3,5,7H2,(H2,11,12). The molecule has 0 unspecified atom stereocenters. The van der Waals surface area contributed by atoms with E-state index < -0.39 is 0 Å². The Kier molecular flexibility index (Phi) is 1.82. The molecular formula is C10H12N2. The summed E-state index contributed by atoms with van der Waals surface area (Å²) in [4.78, 5) is 4.33. The summed E-state index contributed by atoms with van der Waals surface area (Å²) >= 11 is 0. The third-order valence-corrected chi connectivity index (χ3v) is 2.13. The minimum atomic E-state index is 0.764. The normalized spacial score (nSPS) is 16.2. The number of aryl methyl sites for hydroxylation is 1. The van der Waals surface area contributed by atoms with Crippen LogP contribution in [0.4, 0.5) is 5.69 Å². The van der Waals surface area contributed by atoms with E-state index in [1.54, 1.807) is 0 Å². The first kappa shape index (κ1) is 7.35. The van der Waals surface area contributed by atoms with Gasteiger partial charge in [-0.25, -0.2) is 4.99 Å². The summed E-state index contributed by atoms with van der Waals surface area (Å²) in [6.07, 6.45) is 3.14. The Morgan fingerprint density at radius 2 is 2.00 bits per heavy atom. The van der Waals surface area contributed by atoms with E-state index >= 15 is 0 Å². The lowest BCUT2D eigenvalue weighted by atomic mass is 10.1. The minimum absolute atomic E-state index is 0.764. The van der Waals surface area contributed by atoms with Crippen LogP contribution in [0.15, 0.2) is 29.3 Å². The molecule has 1 heterocycles. The van der Waals surface area contributed by atoms with E-state index in [0.717, 1.165) is 30.8 Å². The first-order valence-corrected chi connectivity index (χ1v) is 4.27. The third kappa shape index (κ3) is 1.33. The average Bonchev–Trinajstić information content (AvgIpc) is 2.25. The average molecular weight is 160 g/mol. The zero-order valence-corrected chi connectivity index (χ0v) is 6.96. The number of aliphatic imine (C=N–C) groups is 1. The van der Waals surface area contributed by atoms with Crippen LogP contribution in [0.1, 0.15) is 18.4 Å². The highest BCUT2D eigenvalue weighted by Crippen LogP contribution is 2.23. The number of hydrogen-bond donors (Lipinski definition) is 1. The largest absolute Gasteiger partial charge is 0.387 e. The van der Waals surface area contributed by atoms with Crippen LogP contribution < -0.4 is 5.73 Å². The van der Waals surface area contributed by atoms with E-state index in [1.807, 2.05) is 12.1 Å². The van der Waals surface area contributed by atoms with Crippen LogP contribution in [-0.4, -0.2) is 5.84 Å². The van der Waals surface area contributed by atoms with E-state index in [-0.39, 0.29) is 0 Å². The highest BCUT2D eigenvalue weighted by Gasteiger charge is 2.06. The molecule has 0 aromatic heterocycles. The topological polar surface area (TPSA) is 38.4 Å². The van der Waals surface area contributed by atoms with Crippen molar-refractivity contribution in [3.63, 3.8) is 0 Å². The summed E-state index contributed by atoms with van der Waals surface area (Å²) in [6.45, 7) is 0. The fraction of sp³-hybridized carbons (Fsp3) is 0.300. The lowest BCUT2D eigenvalue weighted by Gasteiger charge is -1.99. The Morgan fingerprint density at radius 3 is 2.92 bits per heavy atom. The first-order valence-electron chi connectivity index (χ1n) is 4.27. The highest BCUT2D eigenvalue weighted by molar-refractivity contribution is 5.84. The second kappa shape index (κ2) is 2.97. The molecule has 2 nitrogen and oxygen atoms in total. The van der Waals surface area contributed by atoms with Crippen molar-refractivity contribution in [1.29, 1.82) is 0 Å². The molecule has 2 rings (SSSR count). The lowest BCUT2D eigenvalue weighted by molar-refractivity contribution is 0.874. The number of rotatable bonds is 0. The van der Waals surface area contributed by atoms with Crippen molar-refractivity contribution in [3.8, 4) is 0 Å². The molecule has 1 aliphatic heterocycles. The maximum atomic E-state index is 5.70. The van der Waals surface area contributed by atoms with Gasteiger partial charge >= 0.3 is 0 Å². The van der Waals surface area contributed by atoms with Crippen LogP contribution in [0.5, 0.6) is 0 Å². The van der Waals surface area contributed by atoms with Crippen LogP contribution in [-0.2, 0) is 6.42 Å². The second-order valence-corrected chi connectivity index (χ2v) is 3.09. The van der Waals surface area contributed by atoms with Crippen LogP contribution in [0.3, 0.4) is 0 Å². The first-order chi connectivity index (χ1) is 5.86. The zero-order chi connectivity index (χ0) is 8.39. The predicted molar refractivity (Wildman–Crippen MR) is 50.7 cm³/mol. The van der Waals surface area contributed by atoms with Gasteiger partial charge in [0.2, 0.25) is 0 Å². The summed E-state index contributed by atoms with van der Waals surface area (Å²) in [5.41, 5.74) is 8.07. The predicted octanol–water partition coefficient (Wildman–Crippen LogP) is 2.01. The van der Waals surface area contributed by atoms with Gasteiger partial charge in [-0.2, -0.15) is 0 Å². The van der Waals surface area contributed by atoms with Gasteiger partial charge in [-0.1, -0.05) is 18.2 Å². The fourth-order valence-corrected chi connectivity index (χ4v) is 1.50. The van der Waals surface area contributed by atoms with E-state index in [9.17, 15) is 0 Å². The Bertz CT molecular complexity index is 315. The lowest BCUT2D eigenvalue weighted by Crippen LogP contribution is -2.09. The van der Waals surface area contributed by atoms with Gasteiger partial charge in [-0.3, -0.25) is 0 Å². The van der Waals surface area contributed by atoms with E-state index in [0.29, 0.717) is 0 Å². The second-order valence-electron chi connectivity index (χ2n) is 3.09. The number of fused-ring (bicyclic) bond motifs is 1. The monoisotopic (exact) mass is 160 g/mol. The molecule has 2 heteroatoms. The van der Waals surface area contributed by atoms with Gasteiger partial charge in [-0.15, -0.1) is 0 Å². The molecule has 0 fully saturated rings. The molecule has 0 amide bonds. The number of amidine groups is 1. The number of para-hydroxylation sites is 1. The maximum absolute atomic E-state index is 5.70. The van der Waals surface area contributed by atoms with Crippen molar-refractivity contribution in [2.75, 3.05) is 0 Å². The van der Waals surface area contributed by atoms with Gasteiger partial charge in [0.05, 0.1) is 11.5 Å². The summed E-state index contributed by atoms with van der Waals surface area (Å²) in [5, 5.41) is 0. The molecule has 0 saturated heterocycles. The molecule has 0 bridgehead atoms. The molecule has 0 atom stereocenters. The molecule has 12 heavy (non-hydrogen) atoms. The smallest absolute Gasteiger partial charge is 0.0996 e. The fourth-order valence-electron chi connectivity index (χ4n) is 1.50. The SMILES string of the molecule is NC1=Nc2ccccc2CCC1. The Labute approximate surface area is 72.1 Å². The molecule has 0 radical (unpaired) electrons. The quantitative estimate of drug-likeness (QED) is 0.619. The number of nitrogens with two attached hydrogens (primary N) is 1. The van der Waals surface area contributed by atoms with E-state index in [1.165, 1.54) is 5.56 Å². The van der Waals surface area contributed by atoms with Crippen molar-refractivity contribution < 1.29 is 0 Å². The van der Waals surface area contributed by atoms with Gasteiger partial charge in [0, 0.05) is 6.42 Å². The Balaban J connectivity index is 2.47. The molecular weight excluding hydrogens is 148 g/mol.